The third-order valence-corrected chi connectivity index (χ3v) is 4.66. The summed E-state index contributed by atoms with van der Waals surface area (Å²) in [6.45, 7) is 5.46. The van der Waals surface area contributed by atoms with Gasteiger partial charge in [-0.05, 0) is 38.5 Å². The van der Waals surface area contributed by atoms with Crippen molar-refractivity contribution in [3.8, 4) is 0 Å². The Kier molecular flexibility index (Phi) is 19.7. The molecule has 0 fully saturated rings. The number of carbonyl (C=O) groups is 1. The maximum absolute atomic E-state index is 12.2. The second-order valence-corrected chi connectivity index (χ2v) is 7.32. The molecule has 0 amide bonds. The van der Waals surface area contributed by atoms with E-state index in [-0.39, 0.29) is 5.97 Å². The standard InChI is InChI=1S/C21H39BrO3/c1-3-5-7-8-9-11-14-18-24-20(16-6-4-2)21(23)25-19-15-12-10-13-17-22/h9,11,20H,3-8,10,12-19H2,1-2H3/b11-9-. The molecule has 148 valence electrons. The van der Waals surface area contributed by atoms with Crippen molar-refractivity contribution in [1.82, 2.24) is 0 Å². The molecule has 0 bridgehead atoms. The van der Waals surface area contributed by atoms with Gasteiger partial charge < -0.3 is 9.47 Å². The molecule has 0 aliphatic carbocycles. The predicted molar refractivity (Wildman–Crippen MR) is 110 cm³/mol. The number of allylic oxidation sites excluding steroid dienone is 1. The molecular formula is C21H39BrO3. The zero-order chi connectivity index (χ0) is 18.6. The Morgan fingerprint density at radius 2 is 1.60 bits per heavy atom. The number of alkyl halides is 1. The van der Waals surface area contributed by atoms with Gasteiger partial charge >= 0.3 is 5.97 Å². The van der Waals surface area contributed by atoms with Crippen LogP contribution in [0.1, 0.15) is 90.9 Å². The van der Waals surface area contributed by atoms with Crippen LogP contribution in [0.3, 0.4) is 0 Å². The van der Waals surface area contributed by atoms with E-state index in [0.717, 1.165) is 50.3 Å². The molecule has 1 atom stereocenters. The number of esters is 1. The molecule has 4 heteroatoms. The van der Waals surface area contributed by atoms with Gasteiger partial charge in [0.05, 0.1) is 13.2 Å². The molecule has 0 aromatic heterocycles. The second-order valence-electron chi connectivity index (χ2n) is 6.53. The minimum atomic E-state index is -0.393. The minimum absolute atomic E-state index is 0.180. The quantitative estimate of drug-likeness (QED) is 0.109. The lowest BCUT2D eigenvalue weighted by Crippen LogP contribution is -2.27. The van der Waals surface area contributed by atoms with E-state index >= 15 is 0 Å². The van der Waals surface area contributed by atoms with Crippen molar-refractivity contribution >= 4 is 21.9 Å². The number of halogens is 1. The lowest BCUT2D eigenvalue weighted by molar-refractivity contribution is -0.157. The van der Waals surface area contributed by atoms with E-state index in [1.807, 2.05) is 0 Å². The van der Waals surface area contributed by atoms with Crippen molar-refractivity contribution in [1.29, 1.82) is 0 Å². The van der Waals surface area contributed by atoms with Crippen LogP contribution in [0, 0.1) is 0 Å². The van der Waals surface area contributed by atoms with Crippen LogP contribution in [-0.4, -0.2) is 30.6 Å². The summed E-state index contributed by atoms with van der Waals surface area (Å²) in [6.07, 6.45) is 17.1. The van der Waals surface area contributed by atoms with Gasteiger partial charge in [-0.1, -0.05) is 80.5 Å². The Hall–Kier alpha value is -0.350. The molecule has 1 unspecified atom stereocenters. The topological polar surface area (TPSA) is 35.5 Å². The molecule has 3 nitrogen and oxygen atoms in total. The molecule has 0 aliphatic heterocycles. The van der Waals surface area contributed by atoms with Crippen LogP contribution in [0.25, 0.3) is 0 Å². The van der Waals surface area contributed by atoms with Crippen molar-refractivity contribution in [2.45, 2.75) is 97.0 Å². The van der Waals surface area contributed by atoms with E-state index in [2.05, 4.69) is 41.9 Å². The molecule has 0 aliphatic rings. The van der Waals surface area contributed by atoms with Gasteiger partial charge in [-0.2, -0.15) is 0 Å². The van der Waals surface area contributed by atoms with Gasteiger partial charge in [0.25, 0.3) is 0 Å². The molecule has 0 aromatic carbocycles. The number of ether oxygens (including phenoxy) is 2. The van der Waals surface area contributed by atoms with Crippen LogP contribution >= 0.6 is 15.9 Å². The highest BCUT2D eigenvalue weighted by Gasteiger charge is 2.19. The first-order valence-corrected chi connectivity index (χ1v) is 11.4. The van der Waals surface area contributed by atoms with Crippen LogP contribution < -0.4 is 0 Å². The summed E-state index contributed by atoms with van der Waals surface area (Å²) in [5, 5.41) is 1.05. The summed E-state index contributed by atoms with van der Waals surface area (Å²) in [4.78, 5) is 12.2. The molecule has 25 heavy (non-hydrogen) atoms. The first-order valence-electron chi connectivity index (χ1n) is 10.2. The Morgan fingerprint density at radius 1 is 0.880 bits per heavy atom. The van der Waals surface area contributed by atoms with E-state index < -0.39 is 6.10 Å². The average molecular weight is 419 g/mol. The maximum atomic E-state index is 12.2. The summed E-state index contributed by atoms with van der Waals surface area (Å²) in [6, 6.07) is 0. The van der Waals surface area contributed by atoms with Gasteiger partial charge in [0.15, 0.2) is 6.10 Å². The Bertz CT molecular complexity index is 318. The van der Waals surface area contributed by atoms with E-state index in [1.54, 1.807) is 0 Å². The normalized spacial score (nSPS) is 12.6. The zero-order valence-corrected chi connectivity index (χ0v) is 18.0. The first kappa shape index (κ1) is 24.7. The smallest absolute Gasteiger partial charge is 0.335 e. The summed E-state index contributed by atoms with van der Waals surface area (Å²) < 4.78 is 11.2. The predicted octanol–water partition coefficient (Wildman–Crippen LogP) is 6.59. The van der Waals surface area contributed by atoms with Gasteiger partial charge in [0.2, 0.25) is 0 Å². The fraction of sp³-hybridized carbons (Fsp3) is 0.857. The third kappa shape index (κ3) is 16.8. The number of carbonyl (C=O) groups excluding carboxylic acids is 1. The lowest BCUT2D eigenvalue weighted by Gasteiger charge is -2.16. The van der Waals surface area contributed by atoms with Gasteiger partial charge in [-0.15, -0.1) is 0 Å². The SMILES string of the molecule is CCCCC/C=C\CCOC(CCCC)C(=O)OCCCCCCBr. The van der Waals surface area contributed by atoms with Crippen LogP contribution in [0.15, 0.2) is 12.2 Å². The van der Waals surface area contributed by atoms with Crippen LogP contribution in [0.4, 0.5) is 0 Å². The number of hydrogen-bond acceptors (Lipinski definition) is 3. The molecule has 0 aromatic rings. The molecule has 0 heterocycles. The number of hydrogen-bond donors (Lipinski definition) is 0. The maximum Gasteiger partial charge on any atom is 0.335 e. The lowest BCUT2D eigenvalue weighted by atomic mass is 10.1. The summed E-state index contributed by atoms with van der Waals surface area (Å²) in [7, 11) is 0. The molecule has 0 saturated carbocycles. The largest absolute Gasteiger partial charge is 0.464 e. The van der Waals surface area contributed by atoms with Crippen LogP contribution in [0.5, 0.6) is 0 Å². The van der Waals surface area contributed by atoms with Crippen LogP contribution in [-0.2, 0) is 14.3 Å². The molecule has 0 N–H and O–H groups in total. The Labute approximate surface area is 164 Å². The highest BCUT2D eigenvalue weighted by atomic mass is 79.9. The van der Waals surface area contributed by atoms with Crippen molar-refractivity contribution in [3.63, 3.8) is 0 Å². The summed E-state index contributed by atoms with van der Waals surface area (Å²) in [5.74, 6) is -0.180. The molecular weight excluding hydrogens is 380 g/mol. The number of rotatable bonds is 18. The third-order valence-electron chi connectivity index (χ3n) is 4.10. The van der Waals surface area contributed by atoms with Gasteiger partial charge in [0, 0.05) is 5.33 Å². The highest BCUT2D eigenvalue weighted by Crippen LogP contribution is 2.10. The molecule has 0 spiro atoms. The Balaban J connectivity index is 3.90. The minimum Gasteiger partial charge on any atom is -0.464 e. The fourth-order valence-electron chi connectivity index (χ4n) is 2.50. The average Bonchev–Trinajstić information content (AvgIpc) is 2.62. The summed E-state index contributed by atoms with van der Waals surface area (Å²) in [5.41, 5.74) is 0. The van der Waals surface area contributed by atoms with Gasteiger partial charge in [-0.3, -0.25) is 0 Å². The fourth-order valence-corrected chi connectivity index (χ4v) is 2.90. The van der Waals surface area contributed by atoms with Crippen molar-refractivity contribution in [3.05, 3.63) is 12.2 Å². The van der Waals surface area contributed by atoms with E-state index in [0.29, 0.717) is 13.2 Å². The van der Waals surface area contributed by atoms with Crippen LogP contribution in [0.2, 0.25) is 0 Å². The van der Waals surface area contributed by atoms with Crippen molar-refractivity contribution < 1.29 is 14.3 Å². The van der Waals surface area contributed by atoms with Gasteiger partial charge in [0.1, 0.15) is 0 Å². The monoisotopic (exact) mass is 418 g/mol. The van der Waals surface area contributed by atoms with E-state index in [4.69, 9.17) is 9.47 Å². The molecule has 0 rings (SSSR count). The second kappa shape index (κ2) is 20.0. The summed E-state index contributed by atoms with van der Waals surface area (Å²) >= 11 is 3.43. The van der Waals surface area contributed by atoms with Crippen molar-refractivity contribution in [2.75, 3.05) is 18.5 Å². The Morgan fingerprint density at radius 3 is 2.32 bits per heavy atom. The number of unbranched alkanes of at least 4 members (excludes halogenated alkanes) is 7. The van der Waals surface area contributed by atoms with Gasteiger partial charge in [-0.25, -0.2) is 4.79 Å². The van der Waals surface area contributed by atoms with E-state index in [1.165, 1.54) is 32.1 Å². The molecule has 0 radical (unpaired) electrons. The zero-order valence-electron chi connectivity index (χ0n) is 16.4. The highest BCUT2D eigenvalue weighted by molar-refractivity contribution is 9.09. The molecule has 0 saturated heterocycles. The van der Waals surface area contributed by atoms with Crippen molar-refractivity contribution in [2.24, 2.45) is 0 Å². The first-order chi connectivity index (χ1) is 12.3. The van der Waals surface area contributed by atoms with E-state index in [9.17, 15) is 4.79 Å².